The first-order chi connectivity index (χ1) is 10.1. The van der Waals surface area contributed by atoms with Crippen LogP contribution >= 0.6 is 0 Å². The average molecular weight is 294 g/mol. The van der Waals surface area contributed by atoms with Gasteiger partial charge in [-0.1, -0.05) is 13.0 Å². The van der Waals surface area contributed by atoms with Crippen molar-refractivity contribution in [3.8, 4) is 5.75 Å². The number of rotatable bonds is 7. The van der Waals surface area contributed by atoms with Crippen molar-refractivity contribution in [3.63, 3.8) is 0 Å². The van der Waals surface area contributed by atoms with E-state index in [9.17, 15) is 10.1 Å². The molecule has 1 fully saturated rings. The second-order valence-electron chi connectivity index (χ2n) is 5.35. The van der Waals surface area contributed by atoms with Crippen molar-refractivity contribution >= 4 is 5.69 Å². The molecule has 0 radical (unpaired) electrons. The van der Waals surface area contributed by atoms with Crippen LogP contribution in [0.15, 0.2) is 18.2 Å². The zero-order chi connectivity index (χ0) is 15.4. The lowest BCUT2D eigenvalue weighted by atomic mass is 9.85. The number of hydrogen-bond donors (Lipinski definition) is 1. The summed E-state index contributed by atoms with van der Waals surface area (Å²) in [4.78, 5) is 10.7. The van der Waals surface area contributed by atoms with E-state index in [1.54, 1.807) is 6.07 Å². The van der Waals surface area contributed by atoms with Gasteiger partial charge in [-0.2, -0.15) is 0 Å². The lowest BCUT2D eigenvalue weighted by Crippen LogP contribution is -2.60. The van der Waals surface area contributed by atoms with Crippen molar-refractivity contribution in [1.82, 2.24) is 5.32 Å². The smallest absolute Gasteiger partial charge is 0.311 e. The molecule has 6 heteroatoms. The van der Waals surface area contributed by atoms with Crippen molar-refractivity contribution < 1.29 is 14.4 Å². The summed E-state index contributed by atoms with van der Waals surface area (Å²) in [6, 6.07) is 5.26. The molecule has 0 heterocycles. The topological polar surface area (TPSA) is 73.6 Å². The Balaban J connectivity index is 2.09. The lowest BCUT2D eigenvalue weighted by molar-refractivity contribution is -0.386. The average Bonchev–Trinajstić information content (AvgIpc) is 2.44. The largest absolute Gasteiger partial charge is 0.481 e. The molecule has 21 heavy (non-hydrogen) atoms. The van der Waals surface area contributed by atoms with Gasteiger partial charge in [0.2, 0.25) is 0 Å². The molecule has 0 aromatic heterocycles. The molecule has 1 aliphatic rings. The van der Waals surface area contributed by atoms with Crippen molar-refractivity contribution in [3.05, 3.63) is 33.9 Å². The minimum absolute atomic E-state index is 0.0112. The van der Waals surface area contributed by atoms with Crippen LogP contribution in [-0.2, 0) is 4.74 Å². The third-order valence-electron chi connectivity index (χ3n) is 3.72. The Labute approximate surface area is 124 Å². The van der Waals surface area contributed by atoms with Crippen molar-refractivity contribution in [2.24, 2.45) is 0 Å². The van der Waals surface area contributed by atoms with Crippen LogP contribution in [0, 0.1) is 17.0 Å². The predicted octanol–water partition coefficient (Wildman–Crippen LogP) is 2.44. The third-order valence-corrected chi connectivity index (χ3v) is 3.72. The standard InChI is InChI=1S/C15H22N2O4/c1-4-7-20-15-11(16-3)9-14(15)21-13-6-5-10(2)8-12(13)17(18)19/h5-6,8,11,14-16H,4,7,9H2,1-3H3. The van der Waals surface area contributed by atoms with Crippen LogP contribution in [0.3, 0.4) is 0 Å². The third kappa shape index (κ3) is 3.51. The Morgan fingerprint density at radius 2 is 2.24 bits per heavy atom. The summed E-state index contributed by atoms with van der Waals surface area (Å²) in [5, 5.41) is 14.3. The van der Waals surface area contributed by atoms with Crippen molar-refractivity contribution in [1.29, 1.82) is 0 Å². The molecule has 0 bridgehead atoms. The minimum Gasteiger partial charge on any atom is -0.481 e. The quantitative estimate of drug-likeness (QED) is 0.617. The van der Waals surface area contributed by atoms with Crippen LogP contribution in [0.1, 0.15) is 25.3 Å². The summed E-state index contributed by atoms with van der Waals surface area (Å²) in [6.07, 6.45) is 1.52. The Bertz CT molecular complexity index is 506. The molecule has 1 N–H and O–H groups in total. The van der Waals surface area contributed by atoms with Gasteiger partial charge >= 0.3 is 5.69 Å². The van der Waals surface area contributed by atoms with E-state index in [2.05, 4.69) is 5.32 Å². The lowest BCUT2D eigenvalue weighted by Gasteiger charge is -2.43. The first-order valence-electron chi connectivity index (χ1n) is 7.27. The van der Waals surface area contributed by atoms with E-state index in [0.29, 0.717) is 12.4 Å². The maximum Gasteiger partial charge on any atom is 0.311 e. The van der Waals surface area contributed by atoms with Gasteiger partial charge in [0.25, 0.3) is 0 Å². The van der Waals surface area contributed by atoms with Gasteiger partial charge in [-0.15, -0.1) is 0 Å². The van der Waals surface area contributed by atoms with E-state index in [-0.39, 0.29) is 23.9 Å². The van der Waals surface area contributed by atoms with E-state index in [4.69, 9.17) is 9.47 Å². The summed E-state index contributed by atoms with van der Waals surface area (Å²) in [5.74, 6) is 0.315. The summed E-state index contributed by atoms with van der Waals surface area (Å²) in [7, 11) is 1.89. The van der Waals surface area contributed by atoms with Crippen LogP contribution in [0.4, 0.5) is 5.69 Å². The van der Waals surface area contributed by atoms with Crippen molar-refractivity contribution in [2.45, 2.75) is 44.9 Å². The van der Waals surface area contributed by atoms with Gasteiger partial charge in [-0.05, 0) is 32.0 Å². The Hall–Kier alpha value is -1.66. The Morgan fingerprint density at radius 1 is 1.48 bits per heavy atom. The summed E-state index contributed by atoms with van der Waals surface area (Å²) < 4.78 is 11.6. The first-order valence-corrected chi connectivity index (χ1v) is 7.27. The number of ether oxygens (including phenoxy) is 2. The highest BCUT2D eigenvalue weighted by atomic mass is 16.6. The van der Waals surface area contributed by atoms with Crippen LogP contribution in [0.25, 0.3) is 0 Å². The van der Waals surface area contributed by atoms with E-state index in [1.807, 2.05) is 27.0 Å². The summed E-state index contributed by atoms with van der Waals surface area (Å²) in [5.41, 5.74) is 0.853. The number of nitro groups is 1. The Morgan fingerprint density at radius 3 is 2.86 bits per heavy atom. The van der Waals surface area contributed by atoms with E-state index in [0.717, 1.165) is 18.4 Å². The molecule has 3 unspecified atom stereocenters. The van der Waals surface area contributed by atoms with Crippen LogP contribution in [0.2, 0.25) is 0 Å². The fourth-order valence-electron chi connectivity index (χ4n) is 2.49. The van der Waals surface area contributed by atoms with Crippen molar-refractivity contribution in [2.75, 3.05) is 13.7 Å². The second-order valence-corrected chi connectivity index (χ2v) is 5.35. The summed E-state index contributed by atoms with van der Waals surface area (Å²) >= 11 is 0. The van der Waals surface area contributed by atoms with Gasteiger partial charge < -0.3 is 14.8 Å². The maximum absolute atomic E-state index is 11.1. The van der Waals surface area contributed by atoms with Gasteiger partial charge in [-0.25, -0.2) is 0 Å². The zero-order valence-corrected chi connectivity index (χ0v) is 12.7. The fourth-order valence-corrected chi connectivity index (χ4v) is 2.49. The first kappa shape index (κ1) is 15.7. The fraction of sp³-hybridized carbons (Fsp3) is 0.600. The number of likely N-dealkylation sites (N-methyl/N-ethyl adjacent to an activating group) is 1. The highest BCUT2D eigenvalue weighted by Crippen LogP contribution is 2.34. The predicted molar refractivity (Wildman–Crippen MR) is 79.7 cm³/mol. The normalized spacial score (nSPS) is 24.4. The zero-order valence-electron chi connectivity index (χ0n) is 12.7. The Kier molecular flexibility index (Phi) is 5.14. The van der Waals surface area contributed by atoms with Gasteiger partial charge in [0.15, 0.2) is 5.75 Å². The molecular weight excluding hydrogens is 272 g/mol. The van der Waals surface area contributed by atoms with Crippen LogP contribution in [0.5, 0.6) is 5.75 Å². The number of nitrogens with one attached hydrogen (secondary N) is 1. The molecule has 0 spiro atoms. The molecular formula is C15H22N2O4. The molecule has 3 atom stereocenters. The minimum atomic E-state index is -0.404. The highest BCUT2D eigenvalue weighted by molar-refractivity contribution is 5.48. The number of hydrogen-bond acceptors (Lipinski definition) is 5. The monoisotopic (exact) mass is 294 g/mol. The number of benzene rings is 1. The highest BCUT2D eigenvalue weighted by Gasteiger charge is 2.43. The molecule has 1 aromatic carbocycles. The summed E-state index contributed by atoms with van der Waals surface area (Å²) in [6.45, 7) is 4.54. The maximum atomic E-state index is 11.1. The molecule has 116 valence electrons. The molecule has 2 rings (SSSR count). The second kappa shape index (κ2) is 6.87. The van der Waals surface area contributed by atoms with Crippen LogP contribution in [-0.4, -0.2) is 36.8 Å². The van der Waals surface area contributed by atoms with E-state index < -0.39 is 4.92 Å². The molecule has 1 aliphatic carbocycles. The number of nitro benzene ring substituents is 1. The molecule has 0 aliphatic heterocycles. The molecule has 1 saturated carbocycles. The van der Waals surface area contributed by atoms with E-state index in [1.165, 1.54) is 6.07 Å². The number of nitrogens with zero attached hydrogens (tertiary/aromatic N) is 1. The van der Waals surface area contributed by atoms with Crippen LogP contribution < -0.4 is 10.1 Å². The van der Waals surface area contributed by atoms with Gasteiger partial charge in [0.05, 0.1) is 4.92 Å². The van der Waals surface area contributed by atoms with Gasteiger partial charge in [-0.3, -0.25) is 10.1 Å². The molecule has 1 aromatic rings. The van der Waals surface area contributed by atoms with Gasteiger partial charge in [0, 0.05) is 25.1 Å². The van der Waals surface area contributed by atoms with Gasteiger partial charge in [0.1, 0.15) is 12.2 Å². The number of aryl methyl sites for hydroxylation is 1. The molecule has 0 saturated heterocycles. The molecule has 6 nitrogen and oxygen atoms in total. The SMILES string of the molecule is CCCOC1C(NC)CC1Oc1ccc(C)cc1[N+](=O)[O-]. The van der Waals surface area contributed by atoms with E-state index >= 15 is 0 Å². The molecule has 0 amide bonds.